The highest BCUT2D eigenvalue weighted by atomic mass is 35.5. The monoisotopic (exact) mass is 238 g/mol. The number of benzene rings is 1. The van der Waals surface area contributed by atoms with E-state index in [1.54, 1.807) is 13.2 Å². The first-order valence-corrected chi connectivity index (χ1v) is 5.36. The summed E-state index contributed by atoms with van der Waals surface area (Å²) in [6.45, 7) is 1.86. The van der Waals surface area contributed by atoms with Crippen molar-refractivity contribution in [1.29, 1.82) is 0 Å². The van der Waals surface area contributed by atoms with Gasteiger partial charge in [-0.15, -0.1) is 11.6 Å². The van der Waals surface area contributed by atoms with E-state index in [2.05, 4.69) is 0 Å². The van der Waals surface area contributed by atoms with Crippen LogP contribution in [-0.2, 0) is 5.88 Å². The molecule has 16 heavy (non-hydrogen) atoms. The van der Waals surface area contributed by atoms with E-state index in [0.29, 0.717) is 17.2 Å². The van der Waals surface area contributed by atoms with Gasteiger partial charge in [0.2, 0.25) is 0 Å². The van der Waals surface area contributed by atoms with E-state index >= 15 is 0 Å². The van der Waals surface area contributed by atoms with Gasteiger partial charge in [-0.05, 0) is 18.6 Å². The fraction of sp³-hybridized carbons (Fsp3) is 0.250. The maximum absolute atomic E-state index is 11.2. The van der Waals surface area contributed by atoms with Gasteiger partial charge in [0.25, 0.3) is 0 Å². The van der Waals surface area contributed by atoms with Crippen molar-refractivity contribution in [3.63, 3.8) is 0 Å². The number of alkyl halides is 1. The van der Waals surface area contributed by atoms with Gasteiger partial charge < -0.3 is 9.15 Å². The number of ether oxygens (including phenoxy) is 1. The molecule has 0 spiro atoms. The standard InChI is InChI=1S/C12H11ClO3/c1-7-3-12(14)16-11-5-10(15-2)8(6-13)4-9(7)11/h3-5H,6H2,1-2H3. The molecule has 0 saturated heterocycles. The molecule has 0 saturated carbocycles. The Bertz CT molecular complexity index is 587. The summed E-state index contributed by atoms with van der Waals surface area (Å²) in [6.07, 6.45) is 0. The van der Waals surface area contributed by atoms with Gasteiger partial charge in [-0.25, -0.2) is 4.79 Å². The maximum atomic E-state index is 11.2. The third kappa shape index (κ3) is 1.78. The minimum atomic E-state index is -0.356. The normalized spacial score (nSPS) is 10.7. The smallest absolute Gasteiger partial charge is 0.336 e. The average molecular weight is 239 g/mol. The van der Waals surface area contributed by atoms with Crippen LogP contribution >= 0.6 is 11.6 Å². The SMILES string of the molecule is COc1cc2oc(=O)cc(C)c2cc1CCl. The molecule has 84 valence electrons. The summed E-state index contributed by atoms with van der Waals surface area (Å²) in [5.41, 5.74) is 1.93. The van der Waals surface area contributed by atoms with Gasteiger partial charge in [-0.2, -0.15) is 0 Å². The first kappa shape index (κ1) is 11.0. The first-order valence-electron chi connectivity index (χ1n) is 4.83. The van der Waals surface area contributed by atoms with Crippen LogP contribution in [0.4, 0.5) is 0 Å². The lowest BCUT2D eigenvalue weighted by Crippen LogP contribution is -1.99. The quantitative estimate of drug-likeness (QED) is 0.597. The molecule has 0 unspecified atom stereocenters. The molecule has 0 amide bonds. The highest BCUT2D eigenvalue weighted by molar-refractivity contribution is 6.17. The van der Waals surface area contributed by atoms with Crippen LogP contribution in [-0.4, -0.2) is 7.11 Å². The first-order chi connectivity index (χ1) is 7.65. The highest BCUT2D eigenvalue weighted by Crippen LogP contribution is 2.27. The molecule has 1 heterocycles. The van der Waals surface area contributed by atoms with Crippen LogP contribution in [0.5, 0.6) is 5.75 Å². The molecule has 2 rings (SSSR count). The van der Waals surface area contributed by atoms with Crippen LogP contribution < -0.4 is 10.4 Å². The Balaban J connectivity index is 2.83. The molecule has 1 aromatic carbocycles. The molecule has 0 atom stereocenters. The van der Waals surface area contributed by atoms with E-state index in [-0.39, 0.29) is 5.63 Å². The van der Waals surface area contributed by atoms with Gasteiger partial charge in [0.15, 0.2) is 0 Å². The predicted octanol–water partition coefficient (Wildman–Crippen LogP) is 2.85. The molecule has 0 radical (unpaired) electrons. The molecule has 0 bridgehead atoms. The Hall–Kier alpha value is -1.48. The Morgan fingerprint density at radius 1 is 1.38 bits per heavy atom. The number of halogens is 1. The molecular formula is C12H11ClO3. The second kappa shape index (κ2) is 4.18. The van der Waals surface area contributed by atoms with Crippen molar-refractivity contribution >= 4 is 22.6 Å². The van der Waals surface area contributed by atoms with Gasteiger partial charge in [-0.1, -0.05) is 0 Å². The van der Waals surface area contributed by atoms with Crippen LogP contribution in [0.2, 0.25) is 0 Å². The van der Waals surface area contributed by atoms with Crippen molar-refractivity contribution in [1.82, 2.24) is 0 Å². The van der Waals surface area contributed by atoms with Gasteiger partial charge in [0.05, 0.1) is 13.0 Å². The number of hydrogen-bond acceptors (Lipinski definition) is 3. The molecule has 3 nitrogen and oxygen atoms in total. The summed E-state index contributed by atoms with van der Waals surface area (Å²) in [5.74, 6) is 0.994. The van der Waals surface area contributed by atoms with Gasteiger partial charge >= 0.3 is 5.63 Å². The lowest BCUT2D eigenvalue weighted by atomic mass is 10.1. The predicted molar refractivity (Wildman–Crippen MR) is 63.3 cm³/mol. The second-order valence-corrected chi connectivity index (χ2v) is 3.81. The summed E-state index contributed by atoms with van der Waals surface area (Å²) in [4.78, 5) is 11.2. The summed E-state index contributed by atoms with van der Waals surface area (Å²) in [5, 5.41) is 0.885. The molecule has 4 heteroatoms. The third-order valence-corrected chi connectivity index (χ3v) is 2.78. The molecular weight excluding hydrogens is 228 g/mol. The van der Waals surface area contributed by atoms with Crippen molar-refractivity contribution in [2.45, 2.75) is 12.8 Å². The van der Waals surface area contributed by atoms with Crippen LogP contribution in [0, 0.1) is 6.92 Å². The van der Waals surface area contributed by atoms with Crippen molar-refractivity contribution < 1.29 is 9.15 Å². The average Bonchev–Trinajstić information content (AvgIpc) is 2.27. The Kier molecular flexibility index (Phi) is 2.88. The van der Waals surface area contributed by atoms with E-state index in [4.69, 9.17) is 20.8 Å². The van der Waals surface area contributed by atoms with Crippen LogP contribution in [0.3, 0.4) is 0 Å². The number of rotatable bonds is 2. The van der Waals surface area contributed by atoms with Gasteiger partial charge in [0, 0.05) is 23.1 Å². The van der Waals surface area contributed by atoms with E-state index in [9.17, 15) is 4.79 Å². The zero-order valence-corrected chi connectivity index (χ0v) is 9.80. The van der Waals surface area contributed by atoms with E-state index in [1.807, 2.05) is 13.0 Å². The number of fused-ring (bicyclic) bond motifs is 1. The van der Waals surface area contributed by atoms with Crippen molar-refractivity contribution in [3.05, 3.63) is 39.7 Å². The van der Waals surface area contributed by atoms with E-state index in [1.165, 1.54) is 6.07 Å². The maximum Gasteiger partial charge on any atom is 0.336 e. The minimum absolute atomic E-state index is 0.356. The molecule has 0 aliphatic heterocycles. The van der Waals surface area contributed by atoms with E-state index in [0.717, 1.165) is 16.5 Å². The molecule has 1 aromatic heterocycles. The molecule has 0 fully saturated rings. The zero-order valence-electron chi connectivity index (χ0n) is 9.04. The number of methoxy groups -OCH3 is 1. The van der Waals surface area contributed by atoms with E-state index < -0.39 is 0 Å². The Labute approximate surface area is 97.6 Å². The minimum Gasteiger partial charge on any atom is -0.496 e. The van der Waals surface area contributed by atoms with Gasteiger partial charge in [0.1, 0.15) is 11.3 Å². The molecule has 0 aliphatic carbocycles. The van der Waals surface area contributed by atoms with Crippen molar-refractivity contribution in [3.8, 4) is 5.75 Å². The largest absolute Gasteiger partial charge is 0.496 e. The fourth-order valence-corrected chi connectivity index (χ4v) is 1.89. The number of hydrogen-bond donors (Lipinski definition) is 0. The molecule has 2 aromatic rings. The van der Waals surface area contributed by atoms with Crippen LogP contribution in [0.1, 0.15) is 11.1 Å². The zero-order chi connectivity index (χ0) is 11.7. The third-order valence-electron chi connectivity index (χ3n) is 2.50. The van der Waals surface area contributed by atoms with Crippen LogP contribution in [0.15, 0.2) is 27.4 Å². The van der Waals surface area contributed by atoms with Crippen molar-refractivity contribution in [2.75, 3.05) is 7.11 Å². The second-order valence-electron chi connectivity index (χ2n) is 3.54. The summed E-state index contributed by atoms with van der Waals surface area (Å²) in [6, 6.07) is 5.05. The Morgan fingerprint density at radius 3 is 2.75 bits per heavy atom. The van der Waals surface area contributed by atoms with Gasteiger partial charge in [-0.3, -0.25) is 0 Å². The molecule has 0 N–H and O–H groups in total. The summed E-state index contributed by atoms with van der Waals surface area (Å²) < 4.78 is 10.3. The molecule has 0 aliphatic rings. The topological polar surface area (TPSA) is 39.4 Å². The summed E-state index contributed by atoms with van der Waals surface area (Å²) >= 11 is 5.82. The van der Waals surface area contributed by atoms with Crippen LogP contribution in [0.25, 0.3) is 11.0 Å². The van der Waals surface area contributed by atoms with Crippen molar-refractivity contribution in [2.24, 2.45) is 0 Å². The Morgan fingerprint density at radius 2 is 2.12 bits per heavy atom. The lowest BCUT2D eigenvalue weighted by molar-refractivity contribution is 0.410. The lowest BCUT2D eigenvalue weighted by Gasteiger charge is -2.08. The fourth-order valence-electron chi connectivity index (χ4n) is 1.69. The summed E-state index contributed by atoms with van der Waals surface area (Å²) in [7, 11) is 1.56. The highest BCUT2D eigenvalue weighted by Gasteiger charge is 2.08. The number of aryl methyl sites for hydroxylation is 1.